The van der Waals surface area contributed by atoms with E-state index in [0.29, 0.717) is 0 Å². The molecule has 4 heteroatoms. The Morgan fingerprint density at radius 1 is 1.19 bits per heavy atom. The van der Waals surface area contributed by atoms with Crippen LogP contribution in [0.1, 0.15) is 39.5 Å². The number of anilines is 1. The highest BCUT2D eigenvalue weighted by molar-refractivity contribution is 6.30. The molecule has 2 aromatic rings. The number of imidazole rings is 1. The largest absolute Gasteiger partial charge is 0.315 e. The molecule has 26 heavy (non-hydrogen) atoms. The van der Waals surface area contributed by atoms with Crippen LogP contribution in [0.15, 0.2) is 61.0 Å². The van der Waals surface area contributed by atoms with Gasteiger partial charge in [-0.3, -0.25) is 4.57 Å². The van der Waals surface area contributed by atoms with Gasteiger partial charge in [-0.25, -0.2) is 4.98 Å². The minimum atomic E-state index is 0.731. The Morgan fingerprint density at radius 2 is 1.92 bits per heavy atom. The fraction of sp³-hybridized carbons (Fsp3) is 0.318. The minimum Gasteiger partial charge on any atom is -0.315 e. The van der Waals surface area contributed by atoms with E-state index in [9.17, 15) is 0 Å². The van der Waals surface area contributed by atoms with E-state index < -0.39 is 0 Å². The van der Waals surface area contributed by atoms with Gasteiger partial charge in [0.05, 0.1) is 5.69 Å². The van der Waals surface area contributed by atoms with Crippen molar-refractivity contribution in [1.29, 1.82) is 0 Å². The first-order chi connectivity index (χ1) is 12.6. The number of unbranched alkanes of at least 4 members (excludes halogenated alkanes) is 2. The summed E-state index contributed by atoms with van der Waals surface area (Å²) in [5.41, 5.74) is 5.43. The third-order valence-electron chi connectivity index (χ3n) is 4.88. The van der Waals surface area contributed by atoms with E-state index >= 15 is 0 Å². The molecule has 0 amide bonds. The van der Waals surface area contributed by atoms with E-state index in [1.165, 1.54) is 24.1 Å². The van der Waals surface area contributed by atoms with Crippen molar-refractivity contribution in [1.82, 2.24) is 9.55 Å². The molecule has 3 rings (SSSR count). The second-order valence-corrected chi connectivity index (χ2v) is 7.10. The molecule has 0 aliphatic carbocycles. The van der Waals surface area contributed by atoms with Crippen molar-refractivity contribution in [2.24, 2.45) is 0 Å². The Hall–Kier alpha value is -2.26. The molecule has 0 unspecified atom stereocenters. The summed E-state index contributed by atoms with van der Waals surface area (Å²) in [7, 11) is 0. The van der Waals surface area contributed by atoms with Gasteiger partial charge in [-0.05, 0) is 37.5 Å². The lowest BCUT2D eigenvalue weighted by Gasteiger charge is -2.33. The Morgan fingerprint density at radius 3 is 2.58 bits per heavy atom. The zero-order valence-corrected chi connectivity index (χ0v) is 16.4. The molecule has 1 aliphatic rings. The van der Waals surface area contributed by atoms with Gasteiger partial charge < -0.3 is 4.90 Å². The van der Waals surface area contributed by atoms with Crippen LogP contribution >= 0.6 is 11.6 Å². The van der Waals surface area contributed by atoms with Crippen molar-refractivity contribution in [3.8, 4) is 11.3 Å². The quantitative estimate of drug-likeness (QED) is 0.409. The molecule has 0 N–H and O–H groups in total. The smallest absolute Gasteiger partial charge is 0.215 e. The van der Waals surface area contributed by atoms with Gasteiger partial charge >= 0.3 is 0 Å². The summed E-state index contributed by atoms with van der Waals surface area (Å²) in [6, 6.07) is 7.81. The van der Waals surface area contributed by atoms with Gasteiger partial charge in [0.25, 0.3) is 0 Å². The van der Waals surface area contributed by atoms with Crippen molar-refractivity contribution in [3.05, 3.63) is 66.0 Å². The maximum Gasteiger partial charge on any atom is 0.215 e. The Labute approximate surface area is 161 Å². The molecule has 0 saturated carbocycles. The maximum absolute atomic E-state index is 6.03. The van der Waals surface area contributed by atoms with Crippen LogP contribution in [0, 0.1) is 0 Å². The molecule has 1 aromatic carbocycles. The summed E-state index contributed by atoms with van der Waals surface area (Å²) >= 11 is 6.03. The summed E-state index contributed by atoms with van der Waals surface area (Å²) in [6.45, 7) is 13.6. The lowest BCUT2D eigenvalue weighted by atomic mass is 10.0. The van der Waals surface area contributed by atoms with Crippen LogP contribution in [0.3, 0.4) is 0 Å². The summed E-state index contributed by atoms with van der Waals surface area (Å²) in [4.78, 5) is 7.25. The van der Waals surface area contributed by atoms with Crippen LogP contribution in [-0.4, -0.2) is 16.1 Å². The zero-order valence-electron chi connectivity index (χ0n) is 15.6. The van der Waals surface area contributed by atoms with Crippen LogP contribution in [0.5, 0.6) is 0 Å². The molecule has 1 aromatic heterocycles. The summed E-state index contributed by atoms with van der Waals surface area (Å²) in [5, 5.41) is 0.731. The number of allylic oxidation sites excluding steroid dienone is 4. The molecule has 0 fully saturated rings. The van der Waals surface area contributed by atoms with Crippen LogP contribution < -0.4 is 4.90 Å². The first-order valence-corrected chi connectivity index (χ1v) is 9.57. The molecule has 3 nitrogen and oxygen atoms in total. The van der Waals surface area contributed by atoms with E-state index in [1.54, 1.807) is 0 Å². The molecule has 2 heterocycles. The van der Waals surface area contributed by atoms with Crippen LogP contribution in [0.4, 0.5) is 5.95 Å². The molecule has 0 atom stereocenters. The molecule has 0 radical (unpaired) electrons. The van der Waals surface area contributed by atoms with Crippen molar-refractivity contribution < 1.29 is 0 Å². The van der Waals surface area contributed by atoms with E-state index in [4.69, 9.17) is 16.6 Å². The molecule has 136 valence electrons. The highest BCUT2D eigenvalue weighted by atomic mass is 35.5. The normalized spacial score (nSPS) is 14.0. The van der Waals surface area contributed by atoms with Crippen molar-refractivity contribution in [2.75, 3.05) is 11.4 Å². The van der Waals surface area contributed by atoms with Gasteiger partial charge in [0.15, 0.2) is 0 Å². The number of hydrogen-bond donors (Lipinski definition) is 0. The second kappa shape index (κ2) is 7.96. The summed E-state index contributed by atoms with van der Waals surface area (Å²) in [5.74, 6) is 0.946. The third kappa shape index (κ3) is 3.49. The Bertz CT molecular complexity index is 843. The standard InChI is InChI=1S/C22H26ClN3/c1-5-7-8-14-25-16(3)20(9-6-2)17(4)26-15-21(24-22(25)26)18-10-12-19(23)13-11-18/h6,10-13,15H,2,4-5,7-9,14H2,1,3H3. The van der Waals surface area contributed by atoms with Gasteiger partial charge in [0.1, 0.15) is 0 Å². The highest BCUT2D eigenvalue weighted by Crippen LogP contribution is 2.37. The lowest BCUT2D eigenvalue weighted by molar-refractivity contribution is 0.687. The first kappa shape index (κ1) is 18.5. The van der Waals surface area contributed by atoms with Crippen LogP contribution in [0.2, 0.25) is 5.02 Å². The lowest BCUT2D eigenvalue weighted by Crippen LogP contribution is -2.30. The zero-order chi connectivity index (χ0) is 18.7. The third-order valence-corrected chi connectivity index (χ3v) is 5.14. The number of benzene rings is 1. The van der Waals surface area contributed by atoms with Gasteiger partial charge in [0.2, 0.25) is 5.95 Å². The van der Waals surface area contributed by atoms with E-state index in [-0.39, 0.29) is 0 Å². The van der Waals surface area contributed by atoms with Crippen molar-refractivity contribution in [3.63, 3.8) is 0 Å². The molecular formula is C22H26ClN3. The molecule has 0 bridgehead atoms. The van der Waals surface area contributed by atoms with E-state index in [2.05, 4.69) is 42.7 Å². The number of rotatable bonds is 7. The predicted molar refractivity (Wildman–Crippen MR) is 112 cm³/mol. The summed E-state index contributed by atoms with van der Waals surface area (Å²) < 4.78 is 2.11. The van der Waals surface area contributed by atoms with Gasteiger partial charge in [-0.15, -0.1) is 6.58 Å². The van der Waals surface area contributed by atoms with Crippen molar-refractivity contribution >= 4 is 23.2 Å². The average molecular weight is 368 g/mol. The molecular weight excluding hydrogens is 342 g/mol. The van der Waals surface area contributed by atoms with Gasteiger partial charge in [-0.2, -0.15) is 0 Å². The fourth-order valence-electron chi connectivity index (χ4n) is 3.38. The average Bonchev–Trinajstić information content (AvgIpc) is 3.07. The highest BCUT2D eigenvalue weighted by Gasteiger charge is 2.27. The summed E-state index contributed by atoms with van der Waals surface area (Å²) in [6.07, 6.45) is 8.38. The monoisotopic (exact) mass is 367 g/mol. The number of halogens is 1. The number of aromatic nitrogens is 2. The minimum absolute atomic E-state index is 0.731. The first-order valence-electron chi connectivity index (χ1n) is 9.20. The second-order valence-electron chi connectivity index (χ2n) is 6.67. The molecule has 0 saturated heterocycles. The van der Waals surface area contributed by atoms with Gasteiger partial charge in [-0.1, -0.05) is 56.2 Å². The van der Waals surface area contributed by atoms with Crippen LogP contribution in [0.25, 0.3) is 17.0 Å². The number of fused-ring (bicyclic) bond motifs is 1. The van der Waals surface area contributed by atoms with Crippen molar-refractivity contribution in [2.45, 2.75) is 39.5 Å². The Kier molecular flexibility index (Phi) is 5.67. The Balaban J connectivity index is 2.03. The van der Waals surface area contributed by atoms with E-state index in [1.807, 2.05) is 30.3 Å². The topological polar surface area (TPSA) is 21.1 Å². The molecule has 0 spiro atoms. The van der Waals surface area contributed by atoms with Crippen LogP contribution in [-0.2, 0) is 0 Å². The predicted octanol–water partition coefficient (Wildman–Crippen LogP) is 6.53. The van der Waals surface area contributed by atoms with E-state index in [0.717, 1.165) is 47.3 Å². The maximum atomic E-state index is 6.03. The molecule has 1 aliphatic heterocycles. The number of hydrogen-bond acceptors (Lipinski definition) is 2. The SMILES string of the molecule is C=CCC1=C(C)N(CCCCC)c2nc(-c3ccc(Cl)cc3)cn2C1=C. The van der Waals surface area contributed by atoms with Gasteiger partial charge in [0, 0.05) is 34.7 Å². The fourth-order valence-corrected chi connectivity index (χ4v) is 3.51. The number of nitrogens with zero attached hydrogens (tertiary/aromatic N) is 3.